The summed E-state index contributed by atoms with van der Waals surface area (Å²) in [6.07, 6.45) is 7.05. The molecule has 164 valence electrons. The van der Waals surface area contributed by atoms with Crippen LogP contribution >= 0.6 is 0 Å². The van der Waals surface area contributed by atoms with Gasteiger partial charge in [0, 0.05) is 56.8 Å². The van der Waals surface area contributed by atoms with E-state index in [1.165, 1.54) is 12.1 Å². The summed E-state index contributed by atoms with van der Waals surface area (Å²) in [7, 11) is 0. The van der Waals surface area contributed by atoms with Crippen molar-refractivity contribution >= 4 is 11.6 Å². The lowest BCUT2D eigenvalue weighted by Crippen LogP contribution is -2.47. The Morgan fingerprint density at radius 3 is 2.37 bits per heavy atom. The smallest absolute Gasteiger partial charge is 0.220 e. The number of carbonyl (C=O) groups is 1. The first-order valence-corrected chi connectivity index (χ1v) is 11.1. The lowest BCUT2D eigenvalue weighted by Gasteiger charge is -2.37. The van der Waals surface area contributed by atoms with Gasteiger partial charge in [0.1, 0.15) is 11.6 Å². The average Bonchev–Trinajstić information content (AvgIpc) is 2.73. The summed E-state index contributed by atoms with van der Waals surface area (Å²) in [5.41, 5.74) is 0.625. The third-order valence-electron chi connectivity index (χ3n) is 6.34. The van der Waals surface area contributed by atoms with Crippen LogP contribution in [0.2, 0.25) is 0 Å². The number of nitrogens with zero attached hydrogens (tertiary/aromatic N) is 3. The summed E-state index contributed by atoms with van der Waals surface area (Å²) >= 11 is 0. The summed E-state index contributed by atoms with van der Waals surface area (Å²) in [5, 5.41) is 11.7. The molecule has 2 aliphatic rings. The monoisotopic (exact) mass is 418 g/mol. The number of halogens is 2. The van der Waals surface area contributed by atoms with E-state index in [0.29, 0.717) is 30.9 Å². The topological polar surface area (TPSA) is 59.4 Å². The summed E-state index contributed by atoms with van der Waals surface area (Å²) < 4.78 is 26.9. The van der Waals surface area contributed by atoms with E-state index in [-0.39, 0.29) is 11.9 Å². The quantitative estimate of drug-likeness (QED) is 0.652. The maximum Gasteiger partial charge on any atom is 0.220 e. The molecule has 0 atom stereocenters. The van der Waals surface area contributed by atoms with Crippen molar-refractivity contribution in [2.45, 2.75) is 57.4 Å². The Balaban J connectivity index is 1.31. The minimum atomic E-state index is -0.526. The van der Waals surface area contributed by atoms with Gasteiger partial charge in [0.25, 0.3) is 0 Å². The van der Waals surface area contributed by atoms with Crippen molar-refractivity contribution in [1.29, 1.82) is 5.26 Å². The molecule has 0 bridgehead atoms. The molecule has 7 heteroatoms. The second kappa shape index (κ2) is 11.3. The minimum absolute atomic E-state index is 0.0738. The predicted molar refractivity (Wildman–Crippen MR) is 113 cm³/mol. The van der Waals surface area contributed by atoms with Gasteiger partial charge in [-0.05, 0) is 63.1 Å². The third-order valence-corrected chi connectivity index (χ3v) is 6.34. The molecule has 1 N–H and O–H groups in total. The molecule has 1 heterocycles. The zero-order valence-electron chi connectivity index (χ0n) is 17.6. The molecule has 5 nitrogen and oxygen atoms in total. The number of rotatable bonds is 8. The first-order chi connectivity index (χ1) is 14.5. The highest BCUT2D eigenvalue weighted by atomic mass is 19.1. The fourth-order valence-electron chi connectivity index (χ4n) is 4.54. The van der Waals surface area contributed by atoms with Gasteiger partial charge >= 0.3 is 0 Å². The molecule has 1 aromatic rings. The van der Waals surface area contributed by atoms with E-state index in [9.17, 15) is 13.6 Å². The van der Waals surface area contributed by atoms with E-state index >= 15 is 0 Å². The number of unbranched alkanes of at least 4 members (excludes halogenated alkanes) is 1. The Hall–Kier alpha value is -2.20. The first-order valence-electron chi connectivity index (χ1n) is 11.1. The van der Waals surface area contributed by atoms with E-state index < -0.39 is 11.6 Å². The van der Waals surface area contributed by atoms with Crippen molar-refractivity contribution in [1.82, 2.24) is 10.2 Å². The highest BCUT2D eigenvalue weighted by Gasteiger charge is 2.24. The molecule has 30 heavy (non-hydrogen) atoms. The zero-order chi connectivity index (χ0) is 21.3. The number of amides is 1. The largest absolute Gasteiger partial charge is 0.369 e. The van der Waals surface area contributed by atoms with E-state index in [1.54, 1.807) is 0 Å². The molecular formula is C23H32F2N4O. The molecule has 0 unspecified atom stereocenters. The zero-order valence-corrected chi connectivity index (χ0v) is 17.6. The van der Waals surface area contributed by atoms with Gasteiger partial charge < -0.3 is 10.2 Å². The summed E-state index contributed by atoms with van der Waals surface area (Å²) in [6.45, 7) is 4.45. The summed E-state index contributed by atoms with van der Waals surface area (Å²) in [6, 6.07) is 6.07. The second-order valence-electron chi connectivity index (χ2n) is 8.54. The van der Waals surface area contributed by atoms with Crippen LogP contribution < -0.4 is 10.2 Å². The number of anilines is 1. The number of carbonyl (C=O) groups excluding carboxylic acids is 1. The first kappa shape index (κ1) is 22.5. The Kier molecular flexibility index (Phi) is 8.44. The lowest BCUT2D eigenvalue weighted by molar-refractivity contribution is -0.122. The molecule has 1 aliphatic heterocycles. The van der Waals surface area contributed by atoms with Crippen molar-refractivity contribution in [2.24, 2.45) is 5.92 Å². The van der Waals surface area contributed by atoms with Gasteiger partial charge in [-0.25, -0.2) is 8.78 Å². The van der Waals surface area contributed by atoms with Crippen LogP contribution in [0.4, 0.5) is 14.5 Å². The standard InChI is InChI=1S/C23H32F2N4O/c24-19-15-20(25)17-22(16-19)29-13-11-28(12-14-29)10-8-18-4-6-21(7-5-18)27-23(30)3-1-2-9-26/h15-18,21H,1-8,10-14H2,(H,27,30)/t18-,21-. The van der Waals surface area contributed by atoms with Crippen LogP contribution in [0.1, 0.15) is 51.4 Å². The van der Waals surface area contributed by atoms with Crippen LogP contribution in [-0.4, -0.2) is 49.6 Å². The lowest BCUT2D eigenvalue weighted by atomic mass is 9.84. The van der Waals surface area contributed by atoms with Gasteiger partial charge in [-0.15, -0.1) is 0 Å². The van der Waals surface area contributed by atoms with Gasteiger partial charge in [0.15, 0.2) is 0 Å². The van der Waals surface area contributed by atoms with E-state index in [0.717, 1.165) is 70.9 Å². The molecule has 3 rings (SSSR count). The van der Waals surface area contributed by atoms with Crippen LogP contribution in [0.25, 0.3) is 0 Å². The predicted octanol–water partition coefficient (Wildman–Crippen LogP) is 3.85. The van der Waals surface area contributed by atoms with Gasteiger partial charge in [-0.2, -0.15) is 5.26 Å². The van der Waals surface area contributed by atoms with Crippen molar-refractivity contribution < 1.29 is 13.6 Å². The van der Waals surface area contributed by atoms with Crippen molar-refractivity contribution in [2.75, 3.05) is 37.6 Å². The number of hydrogen-bond donors (Lipinski definition) is 1. The maximum atomic E-state index is 13.4. The normalized spacial score (nSPS) is 22.5. The number of hydrogen-bond acceptors (Lipinski definition) is 4. The van der Waals surface area contributed by atoms with Gasteiger partial charge in [0.2, 0.25) is 5.91 Å². The number of benzene rings is 1. The Bertz CT molecular complexity index is 715. The van der Waals surface area contributed by atoms with Crippen LogP contribution in [0.15, 0.2) is 18.2 Å². The van der Waals surface area contributed by atoms with Crippen molar-refractivity contribution in [3.05, 3.63) is 29.8 Å². The van der Waals surface area contributed by atoms with Gasteiger partial charge in [-0.3, -0.25) is 9.69 Å². The highest BCUT2D eigenvalue weighted by Crippen LogP contribution is 2.27. The van der Waals surface area contributed by atoms with Crippen LogP contribution in [-0.2, 0) is 4.79 Å². The SMILES string of the molecule is N#CCCCC(=O)N[C@H]1CC[C@H](CCN2CCN(c3cc(F)cc(F)c3)CC2)CC1. The van der Waals surface area contributed by atoms with Gasteiger partial charge in [0.05, 0.1) is 6.07 Å². The summed E-state index contributed by atoms with van der Waals surface area (Å²) in [5.74, 6) is -0.278. The molecular weight excluding hydrogens is 386 g/mol. The number of piperazine rings is 1. The number of nitriles is 1. The molecule has 1 saturated carbocycles. The maximum absolute atomic E-state index is 13.4. The Labute approximate surface area is 178 Å². The van der Waals surface area contributed by atoms with Crippen LogP contribution in [0.3, 0.4) is 0 Å². The van der Waals surface area contributed by atoms with Crippen molar-refractivity contribution in [3.8, 4) is 6.07 Å². The summed E-state index contributed by atoms with van der Waals surface area (Å²) in [4.78, 5) is 16.4. The Morgan fingerprint density at radius 1 is 1.07 bits per heavy atom. The molecule has 1 amide bonds. The number of nitrogens with one attached hydrogen (secondary N) is 1. The highest BCUT2D eigenvalue weighted by molar-refractivity contribution is 5.76. The van der Waals surface area contributed by atoms with Crippen molar-refractivity contribution in [3.63, 3.8) is 0 Å². The second-order valence-corrected chi connectivity index (χ2v) is 8.54. The molecule has 0 radical (unpaired) electrons. The molecule has 1 saturated heterocycles. The minimum Gasteiger partial charge on any atom is -0.369 e. The fraction of sp³-hybridized carbons (Fsp3) is 0.652. The molecule has 0 spiro atoms. The third kappa shape index (κ3) is 6.94. The van der Waals surface area contributed by atoms with Crippen LogP contribution in [0, 0.1) is 28.9 Å². The Morgan fingerprint density at radius 2 is 1.73 bits per heavy atom. The van der Waals surface area contributed by atoms with E-state index in [1.807, 2.05) is 4.90 Å². The molecule has 0 aromatic heterocycles. The van der Waals surface area contributed by atoms with Gasteiger partial charge in [-0.1, -0.05) is 0 Å². The molecule has 1 aromatic carbocycles. The van der Waals surface area contributed by atoms with Crippen LogP contribution in [0.5, 0.6) is 0 Å². The molecule has 1 aliphatic carbocycles. The van der Waals surface area contributed by atoms with E-state index in [4.69, 9.17) is 5.26 Å². The fourth-order valence-corrected chi connectivity index (χ4v) is 4.54. The van der Waals surface area contributed by atoms with E-state index in [2.05, 4.69) is 16.3 Å². The average molecular weight is 419 g/mol. The molecule has 2 fully saturated rings.